The molecule has 0 saturated carbocycles. The number of methoxy groups -OCH3 is 1. The van der Waals surface area contributed by atoms with Crippen LogP contribution in [0.3, 0.4) is 0 Å². The average Bonchev–Trinajstić information content (AvgIpc) is 2.85. The summed E-state index contributed by atoms with van der Waals surface area (Å²) in [5, 5.41) is 13.7. The Balaban J connectivity index is 2.11. The number of hydrogen-bond acceptors (Lipinski definition) is 6. The molecule has 0 aromatic heterocycles. The van der Waals surface area contributed by atoms with Gasteiger partial charge in [-0.25, -0.2) is 0 Å². The highest BCUT2D eigenvalue weighted by molar-refractivity contribution is 5.81. The van der Waals surface area contributed by atoms with Crippen LogP contribution < -0.4 is 5.32 Å². The number of ether oxygens (including phenoxy) is 1. The van der Waals surface area contributed by atoms with Gasteiger partial charge in [0.15, 0.2) is 0 Å². The predicted octanol–water partition coefficient (Wildman–Crippen LogP) is 0.588. The molecule has 2 rings (SSSR count). The van der Waals surface area contributed by atoms with Crippen molar-refractivity contribution in [2.45, 2.75) is 12.6 Å². The first-order valence-corrected chi connectivity index (χ1v) is 6.37. The summed E-state index contributed by atoms with van der Waals surface area (Å²) in [7, 11) is 1.29. The zero-order chi connectivity index (χ0) is 15.4. The van der Waals surface area contributed by atoms with Crippen molar-refractivity contribution in [1.29, 1.82) is 0 Å². The van der Waals surface area contributed by atoms with Gasteiger partial charge in [-0.2, -0.15) is 0 Å². The minimum Gasteiger partial charge on any atom is -0.469 e. The molecule has 1 atom stereocenters. The number of nitrogens with one attached hydrogen (secondary N) is 1. The number of benzene rings is 1. The van der Waals surface area contributed by atoms with Gasteiger partial charge in [-0.05, 0) is 17.7 Å². The monoisotopic (exact) mass is 293 g/mol. The number of amides is 1. The van der Waals surface area contributed by atoms with Crippen molar-refractivity contribution < 1.29 is 19.2 Å². The maximum Gasteiger partial charge on any atom is 0.307 e. The lowest BCUT2D eigenvalue weighted by molar-refractivity contribution is -0.384. The number of esters is 1. The lowest BCUT2D eigenvalue weighted by Gasteiger charge is -2.24. The molecule has 0 radical (unpaired) electrons. The molecule has 8 heteroatoms. The molecular formula is C13H15N3O5. The second-order valence-corrected chi connectivity index (χ2v) is 4.55. The van der Waals surface area contributed by atoms with E-state index in [1.165, 1.54) is 24.1 Å². The van der Waals surface area contributed by atoms with E-state index in [-0.39, 0.29) is 37.3 Å². The molecule has 1 amide bonds. The van der Waals surface area contributed by atoms with Crippen LogP contribution in [0.1, 0.15) is 18.2 Å². The summed E-state index contributed by atoms with van der Waals surface area (Å²) in [5.74, 6) is -0.514. The fourth-order valence-corrected chi connectivity index (χ4v) is 2.18. The molecule has 112 valence electrons. The van der Waals surface area contributed by atoms with Gasteiger partial charge >= 0.3 is 5.97 Å². The molecule has 1 saturated heterocycles. The summed E-state index contributed by atoms with van der Waals surface area (Å²) >= 11 is 0. The van der Waals surface area contributed by atoms with E-state index >= 15 is 0 Å². The lowest BCUT2D eigenvalue weighted by Crippen LogP contribution is -2.32. The molecule has 8 nitrogen and oxygen atoms in total. The summed E-state index contributed by atoms with van der Waals surface area (Å²) in [5.41, 5.74) is 0.723. The Kier molecular flexibility index (Phi) is 4.49. The Labute approximate surface area is 120 Å². The van der Waals surface area contributed by atoms with Crippen LogP contribution in [0.4, 0.5) is 5.69 Å². The standard InChI is InChI=1S/C13H15N3O5/c1-21-12(18)6-7-15-11(17)8-14-13(15)9-2-4-10(5-3-9)16(19)20/h2-5,13-14H,6-8H2,1H3. The molecule has 21 heavy (non-hydrogen) atoms. The third-order valence-corrected chi connectivity index (χ3v) is 3.28. The van der Waals surface area contributed by atoms with Crippen LogP contribution >= 0.6 is 0 Å². The Hall–Kier alpha value is -2.48. The van der Waals surface area contributed by atoms with Gasteiger partial charge in [0.1, 0.15) is 6.17 Å². The molecular weight excluding hydrogens is 278 g/mol. The molecule has 1 heterocycles. The van der Waals surface area contributed by atoms with E-state index in [2.05, 4.69) is 10.1 Å². The highest BCUT2D eigenvalue weighted by Gasteiger charge is 2.31. The topological polar surface area (TPSA) is 102 Å². The van der Waals surface area contributed by atoms with Gasteiger partial charge in [-0.1, -0.05) is 0 Å². The number of nitro groups is 1. The van der Waals surface area contributed by atoms with Crippen LogP contribution in [0.15, 0.2) is 24.3 Å². The third kappa shape index (κ3) is 3.34. The zero-order valence-electron chi connectivity index (χ0n) is 11.4. The number of hydrogen-bond donors (Lipinski definition) is 1. The Morgan fingerprint density at radius 3 is 2.71 bits per heavy atom. The van der Waals surface area contributed by atoms with Gasteiger partial charge in [0, 0.05) is 18.7 Å². The van der Waals surface area contributed by atoms with Crippen molar-refractivity contribution in [1.82, 2.24) is 10.2 Å². The molecule has 1 aliphatic rings. The van der Waals surface area contributed by atoms with E-state index in [4.69, 9.17) is 0 Å². The summed E-state index contributed by atoms with van der Waals surface area (Å²) < 4.78 is 4.56. The Morgan fingerprint density at radius 2 is 2.14 bits per heavy atom. The van der Waals surface area contributed by atoms with Gasteiger partial charge in [0.05, 0.1) is 25.0 Å². The Morgan fingerprint density at radius 1 is 1.48 bits per heavy atom. The smallest absolute Gasteiger partial charge is 0.307 e. The highest BCUT2D eigenvalue weighted by Crippen LogP contribution is 2.24. The minimum absolute atomic E-state index is 0.0100. The lowest BCUT2D eigenvalue weighted by atomic mass is 10.1. The van der Waals surface area contributed by atoms with Gasteiger partial charge in [0.2, 0.25) is 5.91 Å². The largest absolute Gasteiger partial charge is 0.469 e. The number of nitro benzene ring substituents is 1. The van der Waals surface area contributed by atoms with Crippen LogP contribution in [0.25, 0.3) is 0 Å². The molecule has 0 spiro atoms. The molecule has 1 aliphatic heterocycles. The minimum atomic E-state index is -0.480. The number of non-ortho nitro benzene ring substituents is 1. The quantitative estimate of drug-likeness (QED) is 0.484. The van der Waals surface area contributed by atoms with E-state index in [9.17, 15) is 19.7 Å². The highest BCUT2D eigenvalue weighted by atomic mass is 16.6. The zero-order valence-corrected chi connectivity index (χ0v) is 11.4. The Bertz CT molecular complexity index is 557. The SMILES string of the molecule is COC(=O)CCN1C(=O)CNC1c1ccc([N+](=O)[O-])cc1. The second-order valence-electron chi connectivity index (χ2n) is 4.55. The first-order valence-electron chi connectivity index (χ1n) is 6.37. The number of nitrogens with zero attached hydrogens (tertiary/aromatic N) is 2. The van der Waals surface area contributed by atoms with E-state index in [0.717, 1.165) is 5.56 Å². The number of rotatable bonds is 5. The van der Waals surface area contributed by atoms with Crippen LogP contribution in [-0.4, -0.2) is 41.9 Å². The van der Waals surface area contributed by atoms with Gasteiger partial charge in [-0.3, -0.25) is 25.0 Å². The molecule has 1 N–H and O–H groups in total. The summed E-state index contributed by atoms with van der Waals surface area (Å²) in [6, 6.07) is 5.97. The summed E-state index contributed by atoms with van der Waals surface area (Å²) in [6.45, 7) is 0.406. The first-order chi connectivity index (χ1) is 10.0. The van der Waals surface area contributed by atoms with Crippen LogP contribution in [0, 0.1) is 10.1 Å². The van der Waals surface area contributed by atoms with E-state index < -0.39 is 10.9 Å². The van der Waals surface area contributed by atoms with E-state index in [1.807, 2.05) is 0 Å². The molecule has 0 bridgehead atoms. The van der Waals surface area contributed by atoms with Crippen LogP contribution in [0.5, 0.6) is 0 Å². The van der Waals surface area contributed by atoms with E-state index in [0.29, 0.717) is 0 Å². The number of carbonyl (C=O) groups is 2. The molecule has 1 unspecified atom stereocenters. The maximum atomic E-state index is 11.8. The first kappa shape index (κ1) is 14.9. The second kappa shape index (κ2) is 6.31. The van der Waals surface area contributed by atoms with Crippen molar-refractivity contribution in [2.75, 3.05) is 20.2 Å². The normalized spacial score (nSPS) is 17.9. The van der Waals surface area contributed by atoms with Crippen molar-refractivity contribution in [3.8, 4) is 0 Å². The third-order valence-electron chi connectivity index (χ3n) is 3.28. The number of carbonyl (C=O) groups excluding carboxylic acids is 2. The maximum absolute atomic E-state index is 11.8. The molecule has 1 aromatic rings. The summed E-state index contributed by atoms with van der Waals surface area (Å²) in [6.07, 6.45) is -0.282. The summed E-state index contributed by atoms with van der Waals surface area (Å²) in [4.78, 5) is 34.7. The van der Waals surface area contributed by atoms with Gasteiger partial charge in [-0.15, -0.1) is 0 Å². The molecule has 1 aromatic carbocycles. The van der Waals surface area contributed by atoms with Crippen molar-refractivity contribution in [2.24, 2.45) is 0 Å². The van der Waals surface area contributed by atoms with Crippen LogP contribution in [0.2, 0.25) is 0 Å². The van der Waals surface area contributed by atoms with Crippen molar-refractivity contribution >= 4 is 17.6 Å². The fraction of sp³-hybridized carbons (Fsp3) is 0.385. The molecule has 1 fully saturated rings. The average molecular weight is 293 g/mol. The molecule has 0 aliphatic carbocycles. The fourth-order valence-electron chi connectivity index (χ4n) is 2.18. The van der Waals surface area contributed by atoms with Gasteiger partial charge in [0.25, 0.3) is 5.69 Å². The van der Waals surface area contributed by atoms with Gasteiger partial charge < -0.3 is 9.64 Å². The van der Waals surface area contributed by atoms with Crippen molar-refractivity contribution in [3.63, 3.8) is 0 Å². The van der Waals surface area contributed by atoms with Crippen LogP contribution in [-0.2, 0) is 14.3 Å². The van der Waals surface area contributed by atoms with Crippen molar-refractivity contribution in [3.05, 3.63) is 39.9 Å². The van der Waals surface area contributed by atoms with E-state index in [1.54, 1.807) is 12.1 Å². The predicted molar refractivity (Wildman–Crippen MR) is 72.2 cm³/mol.